The van der Waals surface area contributed by atoms with Crippen LogP contribution in [-0.2, 0) is 16.0 Å². The molecule has 22 heavy (non-hydrogen) atoms. The van der Waals surface area contributed by atoms with Crippen molar-refractivity contribution in [2.24, 2.45) is 0 Å². The second kappa shape index (κ2) is 5.88. The average Bonchev–Trinajstić information content (AvgIpc) is 2.44. The van der Waals surface area contributed by atoms with Crippen LogP contribution in [0.25, 0.3) is 10.9 Å². The molecule has 1 fully saturated rings. The van der Waals surface area contributed by atoms with Gasteiger partial charge in [-0.05, 0) is 32.4 Å². The number of aromatic nitrogens is 2. The van der Waals surface area contributed by atoms with Crippen LogP contribution in [0, 0.1) is 6.92 Å². The van der Waals surface area contributed by atoms with Crippen molar-refractivity contribution in [2.75, 3.05) is 13.2 Å². The molecule has 6 nitrogen and oxygen atoms in total. The lowest BCUT2D eigenvalue weighted by atomic mass is 10.1. The number of carbonyl (C=O) groups excluding carboxylic acids is 1. The number of pyridine rings is 2. The number of aryl methyl sites for hydroxylation is 1. The SMILES string of the molecule is CCOC(=O)c1cc2c(=O)n(CC3CCO3)ccc2nc1C. The Labute approximate surface area is 127 Å². The van der Waals surface area contributed by atoms with Crippen LogP contribution in [0.1, 0.15) is 29.4 Å². The van der Waals surface area contributed by atoms with E-state index in [0.717, 1.165) is 13.0 Å². The van der Waals surface area contributed by atoms with E-state index in [2.05, 4.69) is 4.98 Å². The Morgan fingerprint density at radius 1 is 1.55 bits per heavy atom. The first-order valence-corrected chi connectivity index (χ1v) is 7.39. The van der Waals surface area contributed by atoms with Crippen LogP contribution in [0.4, 0.5) is 0 Å². The van der Waals surface area contributed by atoms with Crippen LogP contribution < -0.4 is 5.56 Å². The number of esters is 1. The Morgan fingerprint density at radius 3 is 2.95 bits per heavy atom. The van der Waals surface area contributed by atoms with Crippen LogP contribution in [0.2, 0.25) is 0 Å². The van der Waals surface area contributed by atoms with Gasteiger partial charge in [-0.15, -0.1) is 0 Å². The van der Waals surface area contributed by atoms with Gasteiger partial charge in [0.25, 0.3) is 5.56 Å². The van der Waals surface area contributed by atoms with Gasteiger partial charge in [0.15, 0.2) is 0 Å². The molecule has 1 saturated heterocycles. The van der Waals surface area contributed by atoms with Crippen molar-refractivity contribution in [1.82, 2.24) is 9.55 Å². The zero-order valence-electron chi connectivity index (χ0n) is 12.7. The minimum atomic E-state index is -0.452. The molecule has 1 unspecified atom stereocenters. The largest absolute Gasteiger partial charge is 0.462 e. The van der Waals surface area contributed by atoms with E-state index in [1.54, 1.807) is 36.7 Å². The van der Waals surface area contributed by atoms with Gasteiger partial charge in [0.1, 0.15) is 0 Å². The number of rotatable bonds is 4. The Bertz CT molecular complexity index is 778. The molecule has 116 valence electrons. The highest BCUT2D eigenvalue weighted by Crippen LogP contribution is 2.16. The summed E-state index contributed by atoms with van der Waals surface area (Å²) < 4.78 is 12.0. The van der Waals surface area contributed by atoms with Crippen molar-refractivity contribution in [1.29, 1.82) is 0 Å². The number of hydrogen-bond donors (Lipinski definition) is 0. The van der Waals surface area contributed by atoms with Crippen LogP contribution in [0.15, 0.2) is 23.1 Å². The topological polar surface area (TPSA) is 70.4 Å². The zero-order valence-corrected chi connectivity index (χ0v) is 12.7. The summed E-state index contributed by atoms with van der Waals surface area (Å²) in [7, 11) is 0. The first-order valence-electron chi connectivity index (χ1n) is 7.39. The van der Waals surface area contributed by atoms with Gasteiger partial charge >= 0.3 is 5.97 Å². The second-order valence-electron chi connectivity index (χ2n) is 5.33. The van der Waals surface area contributed by atoms with Crippen LogP contribution >= 0.6 is 0 Å². The molecule has 6 heteroatoms. The number of ether oxygens (including phenoxy) is 2. The third kappa shape index (κ3) is 2.62. The molecule has 0 aliphatic carbocycles. The Morgan fingerprint density at radius 2 is 2.32 bits per heavy atom. The Hall–Kier alpha value is -2.21. The smallest absolute Gasteiger partial charge is 0.339 e. The molecule has 0 aromatic carbocycles. The van der Waals surface area contributed by atoms with E-state index < -0.39 is 5.97 Å². The fourth-order valence-electron chi connectivity index (χ4n) is 2.51. The van der Waals surface area contributed by atoms with Crippen LogP contribution in [0.5, 0.6) is 0 Å². The number of hydrogen-bond acceptors (Lipinski definition) is 5. The molecule has 1 aliphatic heterocycles. The summed E-state index contributed by atoms with van der Waals surface area (Å²) in [6.45, 7) is 5.04. The van der Waals surface area contributed by atoms with Gasteiger partial charge in [-0.25, -0.2) is 4.79 Å². The summed E-state index contributed by atoms with van der Waals surface area (Å²) >= 11 is 0. The van der Waals surface area contributed by atoms with Crippen molar-refractivity contribution in [3.63, 3.8) is 0 Å². The average molecular weight is 302 g/mol. The predicted octanol–water partition coefficient (Wildman–Crippen LogP) is 1.67. The minimum Gasteiger partial charge on any atom is -0.462 e. The maximum absolute atomic E-state index is 12.6. The predicted molar refractivity (Wildman–Crippen MR) is 81.1 cm³/mol. The van der Waals surface area contributed by atoms with Crippen molar-refractivity contribution < 1.29 is 14.3 Å². The van der Waals surface area contributed by atoms with Gasteiger partial charge in [0, 0.05) is 12.8 Å². The number of nitrogens with zero attached hydrogens (tertiary/aromatic N) is 2. The third-order valence-corrected chi connectivity index (χ3v) is 3.84. The normalized spacial score (nSPS) is 17.3. The van der Waals surface area contributed by atoms with Gasteiger partial charge < -0.3 is 14.0 Å². The van der Waals surface area contributed by atoms with Gasteiger partial charge in [-0.2, -0.15) is 0 Å². The lowest BCUT2D eigenvalue weighted by Crippen LogP contribution is -2.35. The lowest BCUT2D eigenvalue weighted by Gasteiger charge is -2.26. The van der Waals surface area contributed by atoms with E-state index in [-0.39, 0.29) is 18.3 Å². The second-order valence-corrected chi connectivity index (χ2v) is 5.33. The Balaban J connectivity index is 2.05. The highest BCUT2D eigenvalue weighted by Gasteiger charge is 2.20. The Kier molecular flexibility index (Phi) is 3.94. The van der Waals surface area contributed by atoms with Crippen molar-refractivity contribution in [2.45, 2.75) is 32.9 Å². The molecular weight excluding hydrogens is 284 g/mol. The van der Waals surface area contributed by atoms with E-state index in [9.17, 15) is 9.59 Å². The third-order valence-electron chi connectivity index (χ3n) is 3.84. The molecule has 0 amide bonds. The van der Waals surface area contributed by atoms with Gasteiger partial charge in [-0.1, -0.05) is 0 Å². The van der Waals surface area contributed by atoms with Crippen molar-refractivity contribution in [3.05, 3.63) is 39.9 Å². The minimum absolute atomic E-state index is 0.0954. The number of carbonyl (C=O) groups is 1. The van der Waals surface area contributed by atoms with Gasteiger partial charge in [0.05, 0.1) is 41.4 Å². The molecule has 0 N–H and O–H groups in total. The molecular formula is C16H18N2O4. The summed E-state index contributed by atoms with van der Waals surface area (Å²) in [4.78, 5) is 28.9. The maximum Gasteiger partial charge on any atom is 0.339 e. The van der Waals surface area contributed by atoms with Crippen molar-refractivity contribution >= 4 is 16.9 Å². The van der Waals surface area contributed by atoms with E-state index >= 15 is 0 Å². The fraction of sp³-hybridized carbons (Fsp3) is 0.438. The first kappa shape index (κ1) is 14.7. The van der Waals surface area contributed by atoms with Gasteiger partial charge in [0.2, 0.25) is 0 Å². The highest BCUT2D eigenvalue weighted by molar-refractivity contribution is 5.94. The molecule has 1 atom stereocenters. The first-order chi connectivity index (χ1) is 10.6. The molecule has 0 radical (unpaired) electrons. The van der Waals surface area contributed by atoms with E-state index in [1.807, 2.05) is 0 Å². The van der Waals surface area contributed by atoms with Crippen LogP contribution in [0.3, 0.4) is 0 Å². The number of fused-ring (bicyclic) bond motifs is 1. The summed E-state index contributed by atoms with van der Waals surface area (Å²) in [5, 5.41) is 0.426. The fourth-order valence-corrected chi connectivity index (χ4v) is 2.51. The molecule has 0 saturated carbocycles. The highest BCUT2D eigenvalue weighted by atomic mass is 16.5. The molecule has 3 rings (SSSR count). The summed E-state index contributed by atoms with van der Waals surface area (Å²) in [6, 6.07) is 3.37. The zero-order chi connectivity index (χ0) is 15.7. The summed E-state index contributed by atoms with van der Waals surface area (Å²) in [6.07, 6.45) is 2.78. The monoisotopic (exact) mass is 302 g/mol. The lowest BCUT2D eigenvalue weighted by molar-refractivity contribution is -0.0596. The molecule has 2 aromatic heterocycles. The standard InChI is InChI=1S/C16H18N2O4/c1-3-21-16(20)12-8-13-14(17-10(12)2)4-6-18(15(13)19)9-11-5-7-22-11/h4,6,8,11H,3,5,7,9H2,1-2H3. The molecule has 2 aromatic rings. The van der Waals surface area contributed by atoms with Crippen molar-refractivity contribution in [3.8, 4) is 0 Å². The molecule has 0 bridgehead atoms. The quantitative estimate of drug-likeness (QED) is 0.803. The molecule has 0 spiro atoms. The molecule has 1 aliphatic rings. The summed E-state index contributed by atoms with van der Waals surface area (Å²) in [5.74, 6) is -0.452. The van der Waals surface area contributed by atoms with E-state index in [4.69, 9.17) is 9.47 Å². The maximum atomic E-state index is 12.6. The molecule has 3 heterocycles. The van der Waals surface area contributed by atoms with Gasteiger partial charge in [-0.3, -0.25) is 9.78 Å². The van der Waals surface area contributed by atoms with E-state index in [0.29, 0.717) is 28.7 Å². The van der Waals surface area contributed by atoms with Crippen LogP contribution in [-0.4, -0.2) is 34.8 Å². The summed E-state index contributed by atoms with van der Waals surface area (Å²) in [5.41, 5.74) is 1.32. The van der Waals surface area contributed by atoms with E-state index in [1.165, 1.54) is 0 Å².